The minimum Gasteiger partial charge on any atom is -0.343 e. The molecule has 0 unspecified atom stereocenters. The van der Waals surface area contributed by atoms with Gasteiger partial charge in [-0.25, -0.2) is 0 Å². The van der Waals surface area contributed by atoms with Crippen LogP contribution in [0, 0.1) is 6.92 Å². The van der Waals surface area contributed by atoms with Crippen molar-refractivity contribution in [3.8, 4) is 0 Å². The Balaban J connectivity index is 0.000000306. The van der Waals surface area contributed by atoms with Crippen molar-refractivity contribution in [2.45, 2.75) is 80.9 Å². The fourth-order valence-electron chi connectivity index (χ4n) is 4.33. The maximum atomic E-state index is 11.0. The first-order valence-electron chi connectivity index (χ1n) is 13.8. The first-order chi connectivity index (χ1) is 19.1. The molecule has 4 rings (SSSR count). The van der Waals surface area contributed by atoms with Crippen molar-refractivity contribution in [3.05, 3.63) is 91.9 Å². The smallest absolute Gasteiger partial charge is 0.343 e. The molecule has 0 amide bonds. The Kier molecular flexibility index (Phi) is 17.6. The van der Waals surface area contributed by atoms with Gasteiger partial charge in [0.2, 0.25) is 0 Å². The van der Waals surface area contributed by atoms with Crippen LogP contribution in [0.1, 0.15) is 71.1 Å². The maximum absolute atomic E-state index is 11.0. The summed E-state index contributed by atoms with van der Waals surface area (Å²) in [6, 6.07) is 23.6. The van der Waals surface area contributed by atoms with Crippen molar-refractivity contribution in [2.75, 3.05) is 0 Å². The van der Waals surface area contributed by atoms with Crippen LogP contribution in [0.5, 0.6) is 0 Å². The van der Waals surface area contributed by atoms with Gasteiger partial charge in [-0.2, -0.15) is 23.3 Å². The Morgan fingerprint density at radius 1 is 0.537 bits per heavy atom. The predicted molar refractivity (Wildman–Crippen MR) is 165 cm³/mol. The number of fused-ring (bicyclic) bond motifs is 2. The van der Waals surface area contributed by atoms with E-state index < -0.39 is 20.2 Å². The molecule has 9 heteroatoms. The van der Waals surface area contributed by atoms with Gasteiger partial charge >= 0.3 is 29.6 Å². The van der Waals surface area contributed by atoms with Crippen molar-refractivity contribution in [3.63, 3.8) is 0 Å². The Labute approximate surface area is 268 Å². The molecule has 0 saturated carbocycles. The third-order valence-corrected chi connectivity index (χ3v) is 8.23. The van der Waals surface area contributed by atoms with Gasteiger partial charge < -0.3 is 6.92 Å². The Morgan fingerprint density at radius 3 is 1.24 bits per heavy atom. The van der Waals surface area contributed by atoms with E-state index in [1.54, 1.807) is 60.7 Å². The number of hydrogen-bond donors (Lipinski definition) is 2. The van der Waals surface area contributed by atoms with E-state index in [0.717, 1.165) is 17.2 Å². The van der Waals surface area contributed by atoms with E-state index in [4.69, 9.17) is 9.11 Å². The van der Waals surface area contributed by atoms with Gasteiger partial charge in [-0.15, -0.1) is 0 Å². The third-order valence-electron chi connectivity index (χ3n) is 6.41. The summed E-state index contributed by atoms with van der Waals surface area (Å²) in [7, 11) is -8.26. The van der Waals surface area contributed by atoms with Crippen LogP contribution in [0.3, 0.4) is 0 Å². The molecule has 0 radical (unpaired) electrons. The molecule has 218 valence electrons. The number of hydrogen-bond acceptors (Lipinski definition) is 4. The van der Waals surface area contributed by atoms with Crippen molar-refractivity contribution in [1.82, 2.24) is 0 Å². The van der Waals surface area contributed by atoms with Gasteiger partial charge in [0.05, 0.1) is 0 Å². The molecule has 0 aromatic heterocycles. The second-order valence-corrected chi connectivity index (χ2v) is 12.4. The van der Waals surface area contributed by atoms with Gasteiger partial charge in [0, 0.05) is 10.8 Å². The Morgan fingerprint density at radius 2 is 0.878 bits per heavy atom. The maximum Gasteiger partial charge on any atom is 1.00 e. The second kappa shape index (κ2) is 19.4. The zero-order valence-electron chi connectivity index (χ0n) is 24.2. The van der Waals surface area contributed by atoms with Crippen LogP contribution < -0.4 is 29.6 Å². The largest absolute Gasteiger partial charge is 1.00 e. The summed E-state index contributed by atoms with van der Waals surface area (Å²) in [6.45, 7) is 6.12. The number of benzene rings is 4. The van der Waals surface area contributed by atoms with Gasteiger partial charge in [-0.1, -0.05) is 138 Å². The minimum atomic E-state index is -4.13. The van der Waals surface area contributed by atoms with E-state index in [9.17, 15) is 16.8 Å². The van der Waals surface area contributed by atoms with Crippen LogP contribution in [0.25, 0.3) is 21.5 Å². The average molecular weight is 609 g/mol. The van der Waals surface area contributed by atoms with Crippen molar-refractivity contribution in [2.24, 2.45) is 0 Å². The van der Waals surface area contributed by atoms with Crippen molar-refractivity contribution >= 4 is 41.8 Å². The van der Waals surface area contributed by atoms with E-state index in [2.05, 4.69) is 13.8 Å². The predicted octanol–water partition coefficient (Wildman–Crippen LogP) is 5.92. The standard InChI is InChI=1S/C12H25.2C10H8O3S.Na/c1-3-5-7-9-11-12-10-8-6-4-2;2*11-14(12,13)10-7-3-5-8-4-1-2-6-9(8)10;/h1,3-12H2,2H3;2*1-7H,(H,11,12,13);/q-1;;;+1. The molecule has 0 fully saturated rings. The molecule has 0 spiro atoms. The van der Waals surface area contributed by atoms with E-state index >= 15 is 0 Å². The summed E-state index contributed by atoms with van der Waals surface area (Å²) >= 11 is 0. The first kappa shape index (κ1) is 37.2. The van der Waals surface area contributed by atoms with Crippen LogP contribution in [-0.4, -0.2) is 25.9 Å². The molecule has 0 atom stereocenters. The zero-order valence-corrected chi connectivity index (χ0v) is 27.8. The average Bonchev–Trinajstić information content (AvgIpc) is 2.93. The summed E-state index contributed by atoms with van der Waals surface area (Å²) < 4.78 is 61.9. The molecule has 0 aliphatic rings. The van der Waals surface area contributed by atoms with Crippen LogP contribution in [0.4, 0.5) is 0 Å². The summed E-state index contributed by atoms with van der Waals surface area (Å²) in [5.74, 6) is 0. The zero-order chi connectivity index (χ0) is 29.4. The fraction of sp³-hybridized carbons (Fsp3) is 0.344. The molecule has 2 N–H and O–H groups in total. The minimum absolute atomic E-state index is 0. The van der Waals surface area contributed by atoms with Crippen molar-refractivity contribution < 1.29 is 55.5 Å². The third kappa shape index (κ3) is 13.4. The van der Waals surface area contributed by atoms with Crippen LogP contribution in [-0.2, 0) is 20.2 Å². The van der Waals surface area contributed by atoms with E-state index in [1.165, 1.54) is 69.9 Å². The van der Waals surface area contributed by atoms with Gasteiger partial charge in [-0.3, -0.25) is 9.11 Å². The molecule has 0 aliphatic heterocycles. The summed E-state index contributed by atoms with van der Waals surface area (Å²) in [6.07, 6.45) is 13.9. The van der Waals surface area contributed by atoms with Gasteiger partial charge in [0.25, 0.3) is 20.2 Å². The molecular formula is C32H41NaO6S2. The fourth-order valence-corrected chi connectivity index (χ4v) is 5.76. The topological polar surface area (TPSA) is 109 Å². The van der Waals surface area contributed by atoms with E-state index in [1.807, 2.05) is 12.1 Å². The van der Waals surface area contributed by atoms with Crippen molar-refractivity contribution in [1.29, 1.82) is 0 Å². The van der Waals surface area contributed by atoms with Gasteiger partial charge in [0.15, 0.2) is 0 Å². The molecular weight excluding hydrogens is 567 g/mol. The monoisotopic (exact) mass is 608 g/mol. The first-order valence-corrected chi connectivity index (χ1v) is 16.7. The Bertz CT molecular complexity index is 1410. The van der Waals surface area contributed by atoms with Gasteiger partial charge in [-0.05, 0) is 22.9 Å². The molecule has 0 bridgehead atoms. The van der Waals surface area contributed by atoms with Crippen LogP contribution in [0.15, 0.2) is 94.7 Å². The molecule has 6 nitrogen and oxygen atoms in total. The normalized spacial score (nSPS) is 11.1. The second-order valence-electron chi connectivity index (χ2n) is 9.59. The molecule has 0 saturated heterocycles. The van der Waals surface area contributed by atoms with E-state index in [0.29, 0.717) is 10.8 Å². The Hall–Kier alpha value is -1.78. The summed E-state index contributed by atoms with van der Waals surface area (Å²) in [5.41, 5.74) is 0. The molecule has 4 aromatic rings. The molecule has 41 heavy (non-hydrogen) atoms. The van der Waals surface area contributed by atoms with Gasteiger partial charge in [0.1, 0.15) is 9.79 Å². The number of unbranched alkanes of at least 4 members (excludes halogenated alkanes) is 9. The van der Waals surface area contributed by atoms with Crippen LogP contribution in [0.2, 0.25) is 0 Å². The number of rotatable bonds is 11. The van der Waals surface area contributed by atoms with Crippen LogP contribution >= 0.6 is 0 Å². The quantitative estimate of drug-likeness (QED) is 0.0948. The summed E-state index contributed by atoms with van der Waals surface area (Å²) in [4.78, 5) is -0.0915. The SMILES string of the molecule is O=S(=O)(O)c1cccc2ccccc12.O=S(=O)(O)c1cccc2ccccc12.[CH2-]CCCCCCCCCCC.[Na+]. The molecule has 0 aliphatic carbocycles. The molecule has 0 heterocycles. The molecule has 4 aromatic carbocycles. The summed E-state index contributed by atoms with van der Waals surface area (Å²) in [5, 5.41) is 2.67. The van der Waals surface area contributed by atoms with E-state index in [-0.39, 0.29) is 39.3 Å².